The quantitative estimate of drug-likeness (QED) is 0.489. The molecule has 192 valence electrons. The fraction of sp³-hybridized carbons (Fsp3) is 0.423. The molecule has 4 rings (SSSR count). The van der Waals surface area contributed by atoms with E-state index in [9.17, 15) is 9.59 Å². The van der Waals surface area contributed by atoms with Gasteiger partial charge in [0.2, 0.25) is 11.7 Å². The van der Waals surface area contributed by atoms with Gasteiger partial charge in [-0.3, -0.25) is 4.79 Å². The van der Waals surface area contributed by atoms with Gasteiger partial charge in [-0.1, -0.05) is 48.5 Å². The standard InChI is InChI=1S/C26H32Cl2N5O3/c1-17-15-33(24(35)14-30-18-7-4-3-5-8-18)12-11-22(32(2)23(34)13-29)25(26(33)31-17)36-16-19-20(27)9-6-10-21(19)28/h6,9-12,15,18,30H,3-5,7-8,13-14,16,29H2,1-2H3/q+1. The Morgan fingerprint density at radius 3 is 2.58 bits per heavy atom. The van der Waals surface area contributed by atoms with E-state index in [0.717, 1.165) is 12.8 Å². The Labute approximate surface area is 221 Å². The summed E-state index contributed by atoms with van der Waals surface area (Å²) in [7, 11) is 1.61. The summed E-state index contributed by atoms with van der Waals surface area (Å²) in [5.41, 5.74) is 7.35. The van der Waals surface area contributed by atoms with E-state index in [1.54, 1.807) is 43.7 Å². The van der Waals surface area contributed by atoms with Crippen molar-refractivity contribution >= 4 is 40.9 Å². The fourth-order valence-corrected chi connectivity index (χ4v) is 5.28. The molecule has 1 atom stereocenters. The maximum Gasteiger partial charge on any atom is 0.343 e. The highest BCUT2D eigenvalue weighted by atomic mass is 35.5. The molecule has 1 fully saturated rings. The summed E-state index contributed by atoms with van der Waals surface area (Å²) in [4.78, 5) is 32.3. The number of nitrogens with zero attached hydrogens (tertiary/aromatic N) is 3. The highest BCUT2D eigenvalue weighted by molar-refractivity contribution is 6.35. The molecule has 1 aromatic carbocycles. The third-order valence-corrected chi connectivity index (χ3v) is 7.53. The van der Waals surface area contributed by atoms with E-state index in [2.05, 4.69) is 10.3 Å². The summed E-state index contributed by atoms with van der Waals surface area (Å²) in [5, 5.41) is 4.35. The van der Waals surface area contributed by atoms with Crippen LogP contribution in [0.5, 0.6) is 0 Å². The van der Waals surface area contributed by atoms with Gasteiger partial charge in [0.05, 0.1) is 17.9 Å². The fourth-order valence-electron chi connectivity index (χ4n) is 4.78. The zero-order valence-corrected chi connectivity index (χ0v) is 22.1. The molecule has 3 aliphatic rings. The van der Waals surface area contributed by atoms with Gasteiger partial charge in [0.15, 0.2) is 0 Å². The molecule has 1 aromatic rings. The van der Waals surface area contributed by atoms with Crippen LogP contribution < -0.4 is 11.1 Å². The first kappa shape index (κ1) is 26.6. The molecular formula is C26H32Cl2N5O3+. The van der Waals surface area contributed by atoms with Crippen LogP contribution in [0.3, 0.4) is 0 Å². The highest BCUT2D eigenvalue weighted by Crippen LogP contribution is 2.35. The van der Waals surface area contributed by atoms with Crippen LogP contribution in [0.2, 0.25) is 10.0 Å². The number of amides is 2. The maximum absolute atomic E-state index is 13.7. The lowest BCUT2D eigenvalue weighted by Gasteiger charge is -2.33. The average Bonchev–Trinajstić information content (AvgIpc) is 3.24. The van der Waals surface area contributed by atoms with E-state index < -0.39 is 0 Å². The minimum atomic E-state index is -0.305. The van der Waals surface area contributed by atoms with Crippen molar-refractivity contribution < 1.29 is 18.8 Å². The van der Waals surface area contributed by atoms with Crippen molar-refractivity contribution in [2.24, 2.45) is 10.7 Å². The molecule has 8 nitrogen and oxygen atoms in total. The van der Waals surface area contributed by atoms with Crippen LogP contribution in [0.4, 0.5) is 0 Å². The van der Waals surface area contributed by atoms with E-state index in [1.165, 1.54) is 24.2 Å². The smallest absolute Gasteiger partial charge is 0.343 e. The number of hydrogen-bond donors (Lipinski definition) is 2. The van der Waals surface area contributed by atoms with Crippen LogP contribution in [0.25, 0.3) is 0 Å². The number of allylic oxidation sites excluding steroid dienone is 2. The van der Waals surface area contributed by atoms with Crippen molar-refractivity contribution in [1.82, 2.24) is 10.2 Å². The zero-order chi connectivity index (χ0) is 25.9. The predicted molar refractivity (Wildman–Crippen MR) is 141 cm³/mol. The molecule has 1 saturated carbocycles. The molecule has 10 heteroatoms. The van der Waals surface area contributed by atoms with Gasteiger partial charge in [0, 0.05) is 34.8 Å². The van der Waals surface area contributed by atoms with Gasteiger partial charge in [-0.05, 0) is 31.9 Å². The Balaban J connectivity index is 1.67. The van der Waals surface area contributed by atoms with Crippen molar-refractivity contribution in [3.05, 3.63) is 69.4 Å². The average molecular weight is 533 g/mol. The second-order valence-corrected chi connectivity index (χ2v) is 10.1. The third kappa shape index (κ3) is 5.28. The number of ether oxygens (including phenoxy) is 1. The minimum Gasteiger partial charge on any atom is -0.480 e. The molecular weight excluding hydrogens is 501 g/mol. The van der Waals surface area contributed by atoms with Crippen LogP contribution in [0.1, 0.15) is 44.6 Å². The normalized spacial score (nSPS) is 21.7. The van der Waals surface area contributed by atoms with Crippen LogP contribution >= 0.6 is 23.2 Å². The summed E-state index contributed by atoms with van der Waals surface area (Å²) >= 11 is 12.7. The lowest BCUT2D eigenvalue weighted by Crippen LogP contribution is -2.54. The number of fused-ring (bicyclic) bond motifs is 1. The molecule has 2 aliphatic heterocycles. The SMILES string of the molecule is CC1=C[N+]2(C(=O)CNC3CCCCC3)C=CC(N(C)C(=O)CN)=C(OCc3c(Cl)cccc3Cl)C2=N1. The number of nitrogens with one attached hydrogen (secondary N) is 1. The van der Waals surface area contributed by atoms with Gasteiger partial charge in [-0.25, -0.2) is 4.79 Å². The van der Waals surface area contributed by atoms with Crippen molar-refractivity contribution in [2.75, 3.05) is 20.1 Å². The molecule has 3 N–H and O–H groups in total. The van der Waals surface area contributed by atoms with Crippen LogP contribution in [-0.2, 0) is 20.9 Å². The molecule has 0 aromatic heterocycles. The topological polar surface area (TPSA) is 97.0 Å². The predicted octanol–water partition coefficient (Wildman–Crippen LogP) is 4.21. The van der Waals surface area contributed by atoms with E-state index in [1.807, 2.05) is 6.92 Å². The molecule has 1 aliphatic carbocycles. The molecule has 36 heavy (non-hydrogen) atoms. The lowest BCUT2D eigenvalue weighted by molar-refractivity contribution is -0.646. The second kappa shape index (κ2) is 11.3. The van der Waals surface area contributed by atoms with Gasteiger partial charge in [-0.15, -0.1) is 0 Å². The number of nitrogens with two attached hydrogens (primary N) is 1. The Hall–Kier alpha value is -2.49. The largest absolute Gasteiger partial charge is 0.480 e. The number of benzene rings is 1. The van der Waals surface area contributed by atoms with Crippen molar-refractivity contribution in [1.29, 1.82) is 0 Å². The van der Waals surface area contributed by atoms with Crippen LogP contribution in [-0.4, -0.2) is 53.2 Å². The molecule has 0 saturated heterocycles. The van der Waals surface area contributed by atoms with Crippen molar-refractivity contribution in [3.8, 4) is 0 Å². The Kier molecular flexibility index (Phi) is 8.32. The highest BCUT2D eigenvalue weighted by Gasteiger charge is 2.49. The van der Waals surface area contributed by atoms with Gasteiger partial charge >= 0.3 is 5.91 Å². The summed E-state index contributed by atoms with van der Waals surface area (Å²) in [6.45, 7) is 1.88. The molecule has 0 bridgehead atoms. The molecule has 0 spiro atoms. The van der Waals surface area contributed by atoms with E-state index in [0.29, 0.717) is 44.6 Å². The number of carbonyl (C=O) groups is 2. The van der Waals surface area contributed by atoms with Crippen LogP contribution in [0.15, 0.2) is 58.8 Å². The minimum absolute atomic E-state index is 0.0302. The van der Waals surface area contributed by atoms with Gasteiger partial charge < -0.3 is 20.7 Å². The summed E-state index contributed by atoms with van der Waals surface area (Å²) in [6.07, 6.45) is 11.0. The number of amidine groups is 1. The van der Waals surface area contributed by atoms with Gasteiger partial charge in [-0.2, -0.15) is 9.48 Å². The molecule has 2 heterocycles. The summed E-state index contributed by atoms with van der Waals surface area (Å²) in [5.74, 6) is 0.299. The molecule has 2 amide bonds. The number of halogens is 2. The third-order valence-electron chi connectivity index (χ3n) is 6.82. The van der Waals surface area contributed by atoms with Crippen molar-refractivity contribution in [2.45, 2.75) is 51.7 Å². The van der Waals surface area contributed by atoms with Gasteiger partial charge in [0.1, 0.15) is 25.6 Å². The summed E-state index contributed by atoms with van der Waals surface area (Å²) in [6, 6.07) is 5.54. The van der Waals surface area contributed by atoms with Crippen LogP contribution in [0, 0.1) is 0 Å². The monoisotopic (exact) mass is 532 g/mol. The number of aliphatic imine (C=N–C) groups is 1. The maximum atomic E-state index is 13.7. The first-order valence-corrected chi connectivity index (χ1v) is 12.9. The van der Waals surface area contributed by atoms with E-state index in [4.69, 9.17) is 33.7 Å². The lowest BCUT2D eigenvalue weighted by atomic mass is 9.95. The van der Waals surface area contributed by atoms with Gasteiger partial charge in [0.25, 0.3) is 5.84 Å². The molecule has 1 unspecified atom stereocenters. The Bertz CT molecular complexity index is 1150. The Morgan fingerprint density at radius 1 is 1.22 bits per heavy atom. The second-order valence-electron chi connectivity index (χ2n) is 9.27. The number of quaternary nitrogens is 1. The van der Waals surface area contributed by atoms with E-state index in [-0.39, 0.29) is 36.0 Å². The number of carbonyl (C=O) groups excluding carboxylic acids is 2. The molecule has 0 radical (unpaired) electrons. The first-order chi connectivity index (χ1) is 17.3. The number of rotatable bonds is 8. The number of hydrogen-bond acceptors (Lipinski definition) is 6. The zero-order valence-electron chi connectivity index (χ0n) is 20.6. The van der Waals surface area contributed by atoms with Crippen molar-refractivity contribution in [3.63, 3.8) is 0 Å². The first-order valence-electron chi connectivity index (χ1n) is 12.2. The Morgan fingerprint density at radius 2 is 1.92 bits per heavy atom. The number of likely N-dealkylation sites (N-methyl/N-ethyl adjacent to an activating group) is 1. The van der Waals surface area contributed by atoms with E-state index >= 15 is 0 Å². The summed E-state index contributed by atoms with van der Waals surface area (Å²) < 4.78 is 6.03.